The summed E-state index contributed by atoms with van der Waals surface area (Å²) in [5.41, 5.74) is 0. The second kappa shape index (κ2) is 9.51. The fourth-order valence-corrected chi connectivity index (χ4v) is 2.77. The van der Waals surface area contributed by atoms with Crippen LogP contribution in [-0.4, -0.2) is 54.8 Å². The highest BCUT2D eigenvalue weighted by Gasteiger charge is 2.68. The van der Waals surface area contributed by atoms with Gasteiger partial charge in [-0.3, -0.25) is 4.55 Å². The van der Waals surface area contributed by atoms with E-state index in [4.69, 9.17) is 4.55 Å². The Morgan fingerprint density at radius 3 is 2.03 bits per heavy atom. The molecule has 1 aliphatic carbocycles. The maximum atomic E-state index is 13.6. The smallest absolute Gasteiger partial charge is 0.457 e. The van der Waals surface area contributed by atoms with E-state index in [1.807, 2.05) is 0 Å². The van der Waals surface area contributed by atoms with Gasteiger partial charge in [-0.25, -0.2) is 9.59 Å². The molecule has 174 valence electrons. The lowest BCUT2D eigenvalue weighted by Crippen LogP contribution is -2.59. The molecule has 1 atom stereocenters. The second-order valence-corrected chi connectivity index (χ2v) is 7.83. The first-order valence-corrected chi connectivity index (χ1v) is 9.82. The lowest BCUT2D eigenvalue weighted by molar-refractivity contribution is -0.357. The minimum atomic E-state index is -6.03. The molecule has 1 fully saturated rings. The molecule has 1 rings (SSSR count). The van der Waals surface area contributed by atoms with Crippen molar-refractivity contribution in [3.8, 4) is 0 Å². The van der Waals surface area contributed by atoms with Crippen LogP contribution in [0.2, 0.25) is 0 Å². The van der Waals surface area contributed by atoms with Crippen molar-refractivity contribution in [1.82, 2.24) is 0 Å². The molecular weight excluding hydrogens is 454 g/mol. The number of alkyl halides is 5. The van der Waals surface area contributed by atoms with Gasteiger partial charge in [-0.1, -0.05) is 13.0 Å². The van der Waals surface area contributed by atoms with Crippen LogP contribution in [0.4, 0.5) is 26.3 Å². The SMILES string of the molecule is C=C(F)C(=O)OC(OCCC(F)(F)S(=O)(=O)O)(C(=O)OC1CCCCC1)C(F)(F)F. The molecule has 30 heavy (non-hydrogen) atoms. The second-order valence-electron chi connectivity index (χ2n) is 6.28. The predicted molar refractivity (Wildman–Crippen MR) is 85.2 cm³/mol. The quantitative estimate of drug-likeness (QED) is 0.179. The van der Waals surface area contributed by atoms with Gasteiger partial charge < -0.3 is 14.2 Å². The van der Waals surface area contributed by atoms with Gasteiger partial charge >= 0.3 is 39.3 Å². The van der Waals surface area contributed by atoms with E-state index < -0.39 is 64.2 Å². The molecule has 15 heteroatoms. The Bertz CT molecular complexity index is 760. The molecule has 8 nitrogen and oxygen atoms in total. The van der Waals surface area contributed by atoms with E-state index in [2.05, 4.69) is 20.8 Å². The molecule has 1 aliphatic rings. The fraction of sp³-hybridized carbons (Fsp3) is 0.733. The summed E-state index contributed by atoms with van der Waals surface area (Å²) in [7, 11) is -6.03. The minimum Gasteiger partial charge on any atom is -0.457 e. The van der Waals surface area contributed by atoms with Crippen molar-refractivity contribution in [3.05, 3.63) is 12.4 Å². The number of ether oxygens (including phenoxy) is 3. The average Bonchev–Trinajstić information content (AvgIpc) is 2.59. The van der Waals surface area contributed by atoms with Gasteiger partial charge in [0.15, 0.2) is 0 Å². The fourth-order valence-electron chi connectivity index (χ4n) is 2.43. The van der Waals surface area contributed by atoms with Crippen LogP contribution in [-0.2, 0) is 33.9 Å². The van der Waals surface area contributed by atoms with Crippen LogP contribution >= 0.6 is 0 Å². The van der Waals surface area contributed by atoms with Gasteiger partial charge in [-0.2, -0.15) is 34.8 Å². The highest BCUT2D eigenvalue weighted by Crippen LogP contribution is 2.39. The van der Waals surface area contributed by atoms with Gasteiger partial charge in [0.1, 0.15) is 6.10 Å². The van der Waals surface area contributed by atoms with E-state index in [-0.39, 0.29) is 12.8 Å². The molecule has 0 saturated heterocycles. The van der Waals surface area contributed by atoms with E-state index in [0.29, 0.717) is 12.8 Å². The summed E-state index contributed by atoms with van der Waals surface area (Å²) < 4.78 is 122. The topological polar surface area (TPSA) is 116 Å². The van der Waals surface area contributed by atoms with Crippen molar-refractivity contribution in [2.24, 2.45) is 0 Å². The lowest BCUT2D eigenvalue weighted by atomic mass is 9.98. The van der Waals surface area contributed by atoms with Crippen LogP contribution in [0.25, 0.3) is 0 Å². The maximum Gasteiger partial charge on any atom is 0.468 e. The number of rotatable bonds is 9. The molecule has 0 aromatic rings. The summed E-state index contributed by atoms with van der Waals surface area (Å²) in [6, 6.07) is 0. The van der Waals surface area contributed by atoms with Crippen molar-refractivity contribution in [2.45, 2.75) is 61.8 Å². The van der Waals surface area contributed by atoms with Crippen LogP contribution < -0.4 is 0 Å². The van der Waals surface area contributed by atoms with Crippen LogP contribution in [0.15, 0.2) is 12.4 Å². The van der Waals surface area contributed by atoms with Gasteiger partial charge in [-0.15, -0.1) is 0 Å². The summed E-state index contributed by atoms with van der Waals surface area (Å²) in [5.74, 6) is -11.5. The largest absolute Gasteiger partial charge is 0.468 e. The Hall–Kier alpha value is -1.87. The van der Waals surface area contributed by atoms with Crippen LogP contribution in [0.5, 0.6) is 0 Å². The van der Waals surface area contributed by atoms with Gasteiger partial charge in [-0.05, 0) is 25.7 Å². The number of esters is 2. The zero-order valence-electron chi connectivity index (χ0n) is 15.2. The summed E-state index contributed by atoms with van der Waals surface area (Å²) in [6.07, 6.45) is -7.02. The third kappa shape index (κ3) is 6.31. The minimum absolute atomic E-state index is 0.157. The van der Waals surface area contributed by atoms with Gasteiger partial charge in [0.25, 0.3) is 0 Å². The van der Waals surface area contributed by atoms with E-state index in [1.165, 1.54) is 0 Å². The van der Waals surface area contributed by atoms with Crippen molar-refractivity contribution in [1.29, 1.82) is 0 Å². The zero-order chi connectivity index (χ0) is 23.4. The van der Waals surface area contributed by atoms with Crippen molar-refractivity contribution in [3.63, 3.8) is 0 Å². The molecule has 1 N–H and O–H groups in total. The third-order valence-corrected chi connectivity index (χ3v) is 4.96. The van der Waals surface area contributed by atoms with Crippen LogP contribution in [0.1, 0.15) is 38.5 Å². The Morgan fingerprint density at radius 2 is 1.60 bits per heavy atom. The van der Waals surface area contributed by atoms with Gasteiger partial charge in [0.2, 0.25) is 5.83 Å². The van der Waals surface area contributed by atoms with Crippen molar-refractivity contribution in [2.75, 3.05) is 6.61 Å². The number of carbonyl (C=O) groups is 2. The Labute approximate surface area is 166 Å². The zero-order valence-corrected chi connectivity index (χ0v) is 16.0. The average molecular weight is 472 g/mol. The lowest BCUT2D eigenvalue weighted by Gasteiger charge is -2.34. The Morgan fingerprint density at radius 1 is 1.07 bits per heavy atom. The summed E-state index contributed by atoms with van der Waals surface area (Å²) in [4.78, 5) is 23.6. The molecule has 0 aromatic heterocycles. The van der Waals surface area contributed by atoms with Gasteiger partial charge in [0, 0.05) is 0 Å². The number of carbonyl (C=O) groups excluding carboxylic acids is 2. The predicted octanol–water partition coefficient (Wildman–Crippen LogP) is 3.03. The van der Waals surface area contributed by atoms with Crippen LogP contribution in [0, 0.1) is 0 Å². The summed E-state index contributed by atoms with van der Waals surface area (Å²) in [5, 5.41) is -4.95. The normalized spacial score (nSPS) is 18.4. The number of halogens is 6. The van der Waals surface area contributed by atoms with Gasteiger partial charge in [0.05, 0.1) is 13.0 Å². The third-order valence-electron chi connectivity index (χ3n) is 4.00. The molecule has 0 aromatic carbocycles. The Kier molecular flexibility index (Phi) is 8.30. The molecule has 0 heterocycles. The molecular formula is C15H18F6O8S. The molecule has 0 spiro atoms. The van der Waals surface area contributed by atoms with E-state index in [0.717, 1.165) is 6.42 Å². The highest BCUT2D eigenvalue weighted by atomic mass is 32.2. The molecule has 0 bridgehead atoms. The van der Waals surface area contributed by atoms with Crippen molar-refractivity contribution < 1.29 is 63.1 Å². The number of hydrogen-bond donors (Lipinski definition) is 1. The molecule has 0 aliphatic heterocycles. The van der Waals surface area contributed by atoms with E-state index >= 15 is 0 Å². The first-order chi connectivity index (χ1) is 13.5. The molecule has 0 amide bonds. The summed E-state index contributed by atoms with van der Waals surface area (Å²) in [6.45, 7) is 0.537. The first kappa shape index (κ1) is 26.2. The van der Waals surface area contributed by atoms with E-state index in [9.17, 15) is 44.3 Å². The Balaban J connectivity index is 3.20. The summed E-state index contributed by atoms with van der Waals surface area (Å²) >= 11 is 0. The molecule has 1 saturated carbocycles. The number of hydrogen-bond acceptors (Lipinski definition) is 7. The molecule has 1 unspecified atom stereocenters. The van der Waals surface area contributed by atoms with E-state index in [1.54, 1.807) is 0 Å². The van der Waals surface area contributed by atoms with Crippen LogP contribution in [0.3, 0.4) is 0 Å². The standard InChI is InChI=1S/C15H18F6O8S/c1-9(16)11(22)29-14(15(19,20)21,12(23)28-10-5-3-2-4-6-10)27-8-7-13(17,18)30(24,25)26/h10H,1-8H2,(H,24,25,26). The maximum absolute atomic E-state index is 13.6. The first-order valence-electron chi connectivity index (χ1n) is 8.38. The molecule has 0 radical (unpaired) electrons. The monoisotopic (exact) mass is 472 g/mol. The highest BCUT2D eigenvalue weighted by molar-refractivity contribution is 7.86. The van der Waals surface area contributed by atoms with Crippen molar-refractivity contribution >= 4 is 22.1 Å².